The van der Waals surface area contributed by atoms with Gasteiger partial charge in [-0.1, -0.05) is 36.4 Å². The van der Waals surface area contributed by atoms with E-state index in [1.807, 2.05) is 51.1 Å². The Balaban J connectivity index is 2.16. The van der Waals surface area contributed by atoms with Gasteiger partial charge in [-0.3, -0.25) is 4.79 Å². The van der Waals surface area contributed by atoms with Crippen molar-refractivity contribution in [1.29, 1.82) is 0 Å². The van der Waals surface area contributed by atoms with E-state index in [2.05, 4.69) is 5.32 Å². The van der Waals surface area contributed by atoms with Gasteiger partial charge in [0.1, 0.15) is 5.75 Å². The average molecular weight is 329 g/mol. The van der Waals surface area contributed by atoms with Crippen LogP contribution in [0.2, 0.25) is 0 Å². The highest BCUT2D eigenvalue weighted by atomic mass is 17.2. The first kappa shape index (κ1) is 18.0. The Morgan fingerprint density at radius 1 is 1.04 bits per heavy atom. The van der Waals surface area contributed by atoms with Crippen molar-refractivity contribution in [2.75, 3.05) is 7.11 Å². The lowest BCUT2D eigenvalue weighted by molar-refractivity contribution is -0.379. The van der Waals surface area contributed by atoms with Crippen LogP contribution in [0, 0.1) is 0 Å². The molecule has 2 rings (SSSR count). The molecule has 0 heterocycles. The van der Waals surface area contributed by atoms with Crippen LogP contribution < -0.4 is 10.1 Å². The monoisotopic (exact) mass is 329 g/mol. The van der Waals surface area contributed by atoms with Crippen molar-refractivity contribution in [1.82, 2.24) is 5.32 Å². The van der Waals surface area contributed by atoms with Gasteiger partial charge in [-0.2, -0.15) is 0 Å². The molecule has 1 atom stereocenters. The van der Waals surface area contributed by atoms with Crippen molar-refractivity contribution >= 4 is 5.91 Å². The molecule has 0 bridgehead atoms. The Labute approximate surface area is 142 Å². The largest absolute Gasteiger partial charge is 0.497 e. The summed E-state index contributed by atoms with van der Waals surface area (Å²) in [6.45, 7) is 5.62. The molecule has 0 saturated heterocycles. The smallest absolute Gasteiger partial charge is 0.253 e. The lowest BCUT2D eigenvalue weighted by Crippen LogP contribution is -2.32. The molecule has 0 spiro atoms. The molecule has 0 aliphatic heterocycles. The lowest BCUT2D eigenvalue weighted by atomic mass is 10.1. The summed E-state index contributed by atoms with van der Waals surface area (Å²) < 4.78 is 5.15. The minimum absolute atomic E-state index is 0.278. The lowest BCUT2D eigenvalue weighted by Gasteiger charge is -2.24. The van der Waals surface area contributed by atoms with E-state index in [0.29, 0.717) is 11.3 Å². The van der Waals surface area contributed by atoms with E-state index >= 15 is 0 Å². The third kappa shape index (κ3) is 5.37. The molecular formula is C19H23NO4. The standard InChI is InChI=1S/C19H23NO4/c1-19(2,3)24-23-18(14-9-6-5-7-10-14)20-17(21)15-11-8-12-16(13-15)22-4/h5-13,18H,1-4H3,(H,20,21)/t18-/m1/s1. The predicted molar refractivity (Wildman–Crippen MR) is 91.6 cm³/mol. The topological polar surface area (TPSA) is 56.8 Å². The van der Waals surface area contributed by atoms with E-state index in [1.54, 1.807) is 31.4 Å². The molecule has 2 aromatic carbocycles. The molecule has 128 valence electrons. The molecule has 1 N–H and O–H groups in total. The number of rotatable bonds is 6. The molecule has 5 heteroatoms. The van der Waals surface area contributed by atoms with Gasteiger partial charge in [0, 0.05) is 11.1 Å². The van der Waals surface area contributed by atoms with E-state index in [1.165, 1.54) is 0 Å². The molecule has 0 aliphatic carbocycles. The van der Waals surface area contributed by atoms with Gasteiger partial charge >= 0.3 is 0 Å². The average Bonchev–Trinajstić information content (AvgIpc) is 2.58. The number of nitrogens with one attached hydrogen (secondary N) is 1. The summed E-state index contributed by atoms with van der Waals surface area (Å²) in [7, 11) is 1.56. The number of methoxy groups -OCH3 is 1. The third-order valence-electron chi connectivity index (χ3n) is 3.09. The highest BCUT2D eigenvalue weighted by Gasteiger charge is 2.21. The minimum Gasteiger partial charge on any atom is -0.497 e. The Bertz CT molecular complexity index is 665. The first-order valence-corrected chi connectivity index (χ1v) is 7.73. The van der Waals surface area contributed by atoms with E-state index in [-0.39, 0.29) is 5.91 Å². The van der Waals surface area contributed by atoms with Gasteiger partial charge in [-0.25, -0.2) is 9.78 Å². The normalized spacial score (nSPS) is 12.5. The zero-order valence-electron chi connectivity index (χ0n) is 14.4. The van der Waals surface area contributed by atoms with Crippen molar-refractivity contribution in [3.8, 4) is 5.75 Å². The number of benzene rings is 2. The van der Waals surface area contributed by atoms with Crippen molar-refractivity contribution < 1.29 is 19.3 Å². The van der Waals surface area contributed by atoms with Gasteiger partial charge in [-0.05, 0) is 39.0 Å². The maximum Gasteiger partial charge on any atom is 0.253 e. The summed E-state index contributed by atoms with van der Waals surface area (Å²) in [4.78, 5) is 23.4. The van der Waals surface area contributed by atoms with Crippen molar-refractivity contribution in [3.05, 3.63) is 65.7 Å². The van der Waals surface area contributed by atoms with Crippen LogP contribution in [-0.4, -0.2) is 18.6 Å². The molecule has 1 amide bonds. The molecule has 0 fully saturated rings. The zero-order valence-corrected chi connectivity index (χ0v) is 14.4. The summed E-state index contributed by atoms with van der Waals surface area (Å²) in [5.41, 5.74) is 0.779. The Morgan fingerprint density at radius 2 is 1.75 bits per heavy atom. The molecule has 0 saturated carbocycles. The van der Waals surface area contributed by atoms with E-state index in [9.17, 15) is 4.79 Å². The highest BCUT2D eigenvalue weighted by molar-refractivity contribution is 5.94. The maximum absolute atomic E-state index is 12.5. The van der Waals surface area contributed by atoms with E-state index < -0.39 is 11.8 Å². The Hall–Kier alpha value is -2.37. The summed E-state index contributed by atoms with van der Waals surface area (Å²) in [6, 6.07) is 16.3. The fourth-order valence-corrected chi connectivity index (χ4v) is 1.95. The molecule has 2 aromatic rings. The van der Waals surface area contributed by atoms with Gasteiger partial charge in [0.2, 0.25) is 0 Å². The minimum atomic E-state index is -0.718. The molecule has 5 nitrogen and oxygen atoms in total. The Morgan fingerprint density at radius 3 is 2.38 bits per heavy atom. The summed E-state index contributed by atoms with van der Waals surface area (Å²) in [6.07, 6.45) is -0.718. The van der Waals surface area contributed by atoms with Gasteiger partial charge in [-0.15, -0.1) is 0 Å². The van der Waals surface area contributed by atoms with Crippen molar-refractivity contribution in [2.45, 2.75) is 32.6 Å². The number of carbonyl (C=O) groups excluding carboxylic acids is 1. The predicted octanol–water partition coefficient (Wildman–Crippen LogP) is 3.87. The number of carbonyl (C=O) groups is 1. The van der Waals surface area contributed by atoms with Gasteiger partial charge in [0.25, 0.3) is 5.91 Å². The molecule has 24 heavy (non-hydrogen) atoms. The first-order valence-electron chi connectivity index (χ1n) is 7.73. The number of ether oxygens (including phenoxy) is 1. The van der Waals surface area contributed by atoms with Crippen LogP contribution in [0.25, 0.3) is 0 Å². The first-order chi connectivity index (χ1) is 11.4. The molecule has 0 aromatic heterocycles. The van der Waals surface area contributed by atoms with Crippen LogP contribution in [0.3, 0.4) is 0 Å². The van der Waals surface area contributed by atoms with Crippen LogP contribution in [-0.2, 0) is 9.78 Å². The Kier molecular flexibility index (Phi) is 5.95. The zero-order chi connectivity index (χ0) is 17.6. The summed E-state index contributed by atoms with van der Waals surface area (Å²) in [5.74, 6) is 0.339. The second-order valence-corrected chi connectivity index (χ2v) is 6.29. The molecular weight excluding hydrogens is 306 g/mol. The second kappa shape index (κ2) is 7.95. The van der Waals surface area contributed by atoms with Crippen molar-refractivity contribution in [3.63, 3.8) is 0 Å². The van der Waals surface area contributed by atoms with Crippen LogP contribution in [0.15, 0.2) is 54.6 Å². The molecule has 0 unspecified atom stereocenters. The molecule has 0 aliphatic rings. The fourth-order valence-electron chi connectivity index (χ4n) is 1.95. The maximum atomic E-state index is 12.5. The fraction of sp³-hybridized carbons (Fsp3) is 0.316. The number of amides is 1. The highest BCUT2D eigenvalue weighted by Crippen LogP contribution is 2.20. The van der Waals surface area contributed by atoms with Crippen LogP contribution in [0.5, 0.6) is 5.75 Å². The summed E-state index contributed by atoms with van der Waals surface area (Å²) >= 11 is 0. The SMILES string of the molecule is COc1cccc(C(=O)N[C@H](OOC(C)(C)C)c2ccccc2)c1. The second-order valence-electron chi connectivity index (χ2n) is 6.29. The van der Waals surface area contributed by atoms with Crippen LogP contribution >= 0.6 is 0 Å². The van der Waals surface area contributed by atoms with Gasteiger partial charge in [0.05, 0.1) is 12.7 Å². The summed E-state index contributed by atoms with van der Waals surface area (Å²) in [5, 5.41) is 2.83. The van der Waals surface area contributed by atoms with Crippen molar-refractivity contribution in [2.24, 2.45) is 0 Å². The molecule has 0 radical (unpaired) electrons. The third-order valence-corrected chi connectivity index (χ3v) is 3.09. The quantitative estimate of drug-likeness (QED) is 0.496. The van der Waals surface area contributed by atoms with Gasteiger partial charge < -0.3 is 10.1 Å². The number of hydrogen-bond donors (Lipinski definition) is 1. The van der Waals surface area contributed by atoms with E-state index in [0.717, 1.165) is 5.56 Å². The van der Waals surface area contributed by atoms with Crippen LogP contribution in [0.1, 0.15) is 42.9 Å². The number of hydrogen-bond acceptors (Lipinski definition) is 4. The van der Waals surface area contributed by atoms with Gasteiger partial charge in [0.15, 0.2) is 6.23 Å². The van der Waals surface area contributed by atoms with Crippen LogP contribution in [0.4, 0.5) is 0 Å². The van der Waals surface area contributed by atoms with E-state index in [4.69, 9.17) is 14.5 Å².